The van der Waals surface area contributed by atoms with Gasteiger partial charge in [0.05, 0.1) is 16.9 Å². The lowest BCUT2D eigenvalue weighted by Crippen LogP contribution is -2.12. The van der Waals surface area contributed by atoms with Gasteiger partial charge in [0, 0.05) is 19.8 Å². The number of fused-ring (bicyclic) bond motifs is 1. The summed E-state index contributed by atoms with van der Waals surface area (Å²) in [4.78, 5) is 9.91. The molecular formula is C15H16N4S. The molecule has 2 heterocycles. The Hall–Kier alpha value is -2.14. The zero-order valence-corrected chi connectivity index (χ0v) is 12.5. The molecule has 1 N–H and O–H groups in total. The second kappa shape index (κ2) is 4.76. The maximum atomic E-state index is 5.47. The number of nitrogens with zero attached hydrogens (tertiary/aromatic N) is 3. The number of aromatic nitrogens is 3. The SMILES string of the molecule is Cc1ccc2[nH]c(=S)n(-c3ccccc3N(C)C)c2n1. The number of aromatic amines is 1. The van der Waals surface area contributed by atoms with Gasteiger partial charge in [-0.1, -0.05) is 12.1 Å². The normalized spacial score (nSPS) is 10.9. The molecule has 102 valence electrons. The number of hydrogen-bond acceptors (Lipinski definition) is 3. The van der Waals surface area contributed by atoms with Gasteiger partial charge in [-0.2, -0.15) is 0 Å². The largest absolute Gasteiger partial charge is 0.376 e. The van der Waals surface area contributed by atoms with E-state index >= 15 is 0 Å². The van der Waals surface area contributed by atoms with Crippen LogP contribution >= 0.6 is 12.2 Å². The Bertz CT molecular complexity index is 829. The minimum Gasteiger partial charge on any atom is -0.376 e. The first-order valence-corrected chi connectivity index (χ1v) is 6.84. The average Bonchev–Trinajstić information content (AvgIpc) is 2.74. The van der Waals surface area contributed by atoms with Gasteiger partial charge in [0.2, 0.25) is 0 Å². The Balaban J connectivity index is 2.38. The van der Waals surface area contributed by atoms with Gasteiger partial charge in [-0.25, -0.2) is 4.98 Å². The lowest BCUT2D eigenvalue weighted by Gasteiger charge is -2.17. The summed E-state index contributed by atoms with van der Waals surface area (Å²) in [5.41, 5.74) is 4.93. The number of para-hydroxylation sites is 2. The van der Waals surface area contributed by atoms with Crippen molar-refractivity contribution in [3.8, 4) is 5.69 Å². The molecule has 5 heteroatoms. The van der Waals surface area contributed by atoms with E-state index in [0.29, 0.717) is 4.77 Å². The minimum absolute atomic E-state index is 0.660. The van der Waals surface area contributed by atoms with Crippen molar-refractivity contribution in [3.05, 3.63) is 46.9 Å². The Kier molecular flexibility index (Phi) is 3.06. The Morgan fingerprint density at radius 2 is 1.90 bits per heavy atom. The molecule has 0 aliphatic rings. The van der Waals surface area contributed by atoms with Crippen LogP contribution in [0.15, 0.2) is 36.4 Å². The molecule has 0 amide bonds. The van der Waals surface area contributed by atoms with E-state index in [1.165, 1.54) is 0 Å². The molecule has 0 fully saturated rings. The Morgan fingerprint density at radius 3 is 2.65 bits per heavy atom. The number of rotatable bonds is 2. The van der Waals surface area contributed by atoms with E-state index in [0.717, 1.165) is 28.2 Å². The fraction of sp³-hybridized carbons (Fsp3) is 0.200. The summed E-state index contributed by atoms with van der Waals surface area (Å²) in [5, 5.41) is 0. The maximum absolute atomic E-state index is 5.47. The van der Waals surface area contributed by atoms with Gasteiger partial charge in [0.15, 0.2) is 10.4 Å². The molecule has 4 nitrogen and oxygen atoms in total. The molecule has 3 aromatic rings. The summed E-state index contributed by atoms with van der Waals surface area (Å²) < 4.78 is 2.65. The van der Waals surface area contributed by atoms with Crippen molar-refractivity contribution in [2.24, 2.45) is 0 Å². The van der Waals surface area contributed by atoms with E-state index in [2.05, 4.69) is 27.0 Å². The number of H-pyrrole nitrogens is 1. The molecule has 0 saturated carbocycles. The fourth-order valence-electron chi connectivity index (χ4n) is 2.33. The van der Waals surface area contributed by atoms with Crippen molar-refractivity contribution in [2.75, 3.05) is 19.0 Å². The number of hydrogen-bond donors (Lipinski definition) is 1. The van der Waals surface area contributed by atoms with Crippen LogP contribution in [0.4, 0.5) is 5.69 Å². The van der Waals surface area contributed by atoms with E-state index in [9.17, 15) is 0 Å². The summed E-state index contributed by atoms with van der Waals surface area (Å²) in [7, 11) is 4.05. The highest BCUT2D eigenvalue weighted by atomic mass is 32.1. The third kappa shape index (κ3) is 2.00. The van der Waals surface area contributed by atoms with Crippen LogP contribution in [0.5, 0.6) is 0 Å². The highest BCUT2D eigenvalue weighted by Gasteiger charge is 2.12. The predicted molar refractivity (Wildman–Crippen MR) is 85.3 cm³/mol. The smallest absolute Gasteiger partial charge is 0.184 e. The second-order valence-electron chi connectivity index (χ2n) is 4.97. The van der Waals surface area contributed by atoms with Crippen LogP contribution < -0.4 is 4.90 Å². The summed E-state index contributed by atoms with van der Waals surface area (Å²) in [5.74, 6) is 0. The summed E-state index contributed by atoms with van der Waals surface area (Å²) in [6.07, 6.45) is 0. The van der Waals surface area contributed by atoms with Crippen LogP contribution in [0.2, 0.25) is 0 Å². The molecule has 0 aliphatic heterocycles. The van der Waals surface area contributed by atoms with E-state index in [-0.39, 0.29) is 0 Å². The van der Waals surface area contributed by atoms with E-state index in [4.69, 9.17) is 12.2 Å². The molecule has 20 heavy (non-hydrogen) atoms. The van der Waals surface area contributed by atoms with E-state index < -0.39 is 0 Å². The van der Waals surface area contributed by atoms with Gasteiger partial charge in [-0.3, -0.25) is 4.57 Å². The molecule has 0 spiro atoms. The summed E-state index contributed by atoms with van der Waals surface area (Å²) in [6.45, 7) is 1.98. The number of pyridine rings is 1. The molecule has 2 aromatic heterocycles. The van der Waals surface area contributed by atoms with Gasteiger partial charge in [0.1, 0.15) is 0 Å². The van der Waals surface area contributed by atoms with Crippen LogP contribution in [-0.4, -0.2) is 28.6 Å². The number of nitrogens with one attached hydrogen (secondary N) is 1. The molecule has 3 rings (SSSR count). The van der Waals surface area contributed by atoms with Crippen LogP contribution in [0, 0.1) is 11.7 Å². The van der Waals surface area contributed by atoms with Crippen molar-refractivity contribution in [1.82, 2.24) is 14.5 Å². The zero-order chi connectivity index (χ0) is 14.3. The average molecular weight is 284 g/mol. The highest BCUT2D eigenvalue weighted by Crippen LogP contribution is 2.26. The van der Waals surface area contributed by atoms with Gasteiger partial charge >= 0.3 is 0 Å². The quantitative estimate of drug-likeness (QED) is 0.732. The van der Waals surface area contributed by atoms with Crippen molar-refractivity contribution in [1.29, 1.82) is 0 Å². The Morgan fingerprint density at radius 1 is 1.15 bits per heavy atom. The van der Waals surface area contributed by atoms with E-state index in [1.54, 1.807) is 0 Å². The first kappa shape index (κ1) is 12.9. The van der Waals surface area contributed by atoms with Crippen molar-refractivity contribution in [2.45, 2.75) is 6.92 Å². The van der Waals surface area contributed by atoms with Crippen LogP contribution in [0.25, 0.3) is 16.9 Å². The molecule has 0 atom stereocenters. The number of aryl methyl sites for hydroxylation is 1. The van der Waals surface area contributed by atoms with Crippen molar-refractivity contribution in [3.63, 3.8) is 0 Å². The molecule has 1 aromatic carbocycles. The van der Waals surface area contributed by atoms with E-state index in [1.807, 2.05) is 49.9 Å². The van der Waals surface area contributed by atoms with Gasteiger partial charge < -0.3 is 9.88 Å². The summed E-state index contributed by atoms with van der Waals surface area (Å²) >= 11 is 5.47. The Labute approximate surface area is 122 Å². The number of imidazole rings is 1. The van der Waals surface area contributed by atoms with Crippen molar-refractivity contribution >= 4 is 29.1 Å². The van der Waals surface area contributed by atoms with Crippen molar-refractivity contribution < 1.29 is 0 Å². The third-order valence-electron chi connectivity index (χ3n) is 3.28. The fourth-order valence-corrected chi connectivity index (χ4v) is 2.63. The van der Waals surface area contributed by atoms with Crippen LogP contribution in [-0.2, 0) is 0 Å². The monoisotopic (exact) mass is 284 g/mol. The van der Waals surface area contributed by atoms with Gasteiger partial charge in [-0.05, 0) is 43.4 Å². The maximum Gasteiger partial charge on any atom is 0.184 e. The third-order valence-corrected chi connectivity index (χ3v) is 3.56. The first-order valence-electron chi connectivity index (χ1n) is 6.43. The van der Waals surface area contributed by atoms with Gasteiger partial charge in [-0.15, -0.1) is 0 Å². The molecule has 0 bridgehead atoms. The lowest BCUT2D eigenvalue weighted by molar-refractivity contribution is 1.01. The topological polar surface area (TPSA) is 36.9 Å². The highest BCUT2D eigenvalue weighted by molar-refractivity contribution is 7.71. The number of anilines is 1. The standard InChI is InChI=1S/C15H16N4S/c1-10-8-9-11-14(16-10)19(15(20)17-11)13-7-5-4-6-12(13)18(2)3/h4-9H,1-3H3,(H,17,20). The lowest BCUT2D eigenvalue weighted by atomic mass is 10.2. The molecule has 0 aliphatic carbocycles. The zero-order valence-electron chi connectivity index (χ0n) is 11.7. The molecule has 0 saturated heterocycles. The van der Waals surface area contributed by atoms with Gasteiger partial charge in [0.25, 0.3) is 0 Å². The first-order chi connectivity index (χ1) is 9.58. The van der Waals surface area contributed by atoms with Crippen LogP contribution in [0.1, 0.15) is 5.69 Å². The summed E-state index contributed by atoms with van der Waals surface area (Å²) in [6, 6.07) is 12.2. The minimum atomic E-state index is 0.660. The molecular weight excluding hydrogens is 268 g/mol. The second-order valence-corrected chi connectivity index (χ2v) is 5.36. The molecule has 0 radical (unpaired) electrons. The molecule has 0 unspecified atom stereocenters. The van der Waals surface area contributed by atoms with Crippen LogP contribution in [0.3, 0.4) is 0 Å². The number of benzene rings is 1. The predicted octanol–water partition coefficient (Wildman–Crippen LogP) is 3.46.